The second kappa shape index (κ2) is 7.77. The van der Waals surface area contributed by atoms with Crippen LogP contribution < -0.4 is 0 Å². The number of aromatic amines is 1. The molecule has 0 bridgehead atoms. The van der Waals surface area contributed by atoms with Crippen LogP contribution in [0.3, 0.4) is 0 Å². The van der Waals surface area contributed by atoms with E-state index >= 15 is 0 Å². The summed E-state index contributed by atoms with van der Waals surface area (Å²) in [6.07, 6.45) is 4.29. The van der Waals surface area contributed by atoms with Gasteiger partial charge < -0.3 is 10.1 Å². The zero-order valence-electron chi connectivity index (χ0n) is 17.8. The number of nitrogens with zero attached hydrogens (tertiary/aromatic N) is 1. The highest BCUT2D eigenvalue weighted by molar-refractivity contribution is 5.85. The third-order valence-electron chi connectivity index (χ3n) is 5.80. The van der Waals surface area contributed by atoms with E-state index in [4.69, 9.17) is 0 Å². The Morgan fingerprint density at radius 1 is 1.23 bits per heavy atom. The molecule has 1 aliphatic rings. The summed E-state index contributed by atoms with van der Waals surface area (Å²) in [5.41, 5.74) is 4.43. The van der Waals surface area contributed by atoms with Gasteiger partial charge in [-0.15, -0.1) is 0 Å². The van der Waals surface area contributed by atoms with Crippen LogP contribution in [0.2, 0.25) is 0 Å². The fourth-order valence-electron chi connectivity index (χ4n) is 4.53. The van der Waals surface area contributed by atoms with Crippen molar-refractivity contribution in [2.75, 3.05) is 6.54 Å². The van der Waals surface area contributed by atoms with Gasteiger partial charge in [-0.25, -0.2) is 4.39 Å². The van der Waals surface area contributed by atoms with Crippen molar-refractivity contribution >= 4 is 17.0 Å². The second-order valence-corrected chi connectivity index (χ2v) is 8.90. The van der Waals surface area contributed by atoms with Crippen LogP contribution in [-0.4, -0.2) is 33.2 Å². The van der Waals surface area contributed by atoms with E-state index in [0.717, 1.165) is 28.8 Å². The summed E-state index contributed by atoms with van der Waals surface area (Å²) in [6, 6.07) is 16.8. The third kappa shape index (κ3) is 4.05. The van der Waals surface area contributed by atoms with Crippen LogP contribution >= 0.6 is 0 Å². The fourth-order valence-corrected chi connectivity index (χ4v) is 4.53. The second-order valence-electron chi connectivity index (χ2n) is 8.90. The molecule has 0 saturated heterocycles. The lowest BCUT2D eigenvalue weighted by atomic mass is 9.87. The molecule has 2 N–H and O–H groups in total. The van der Waals surface area contributed by atoms with Crippen molar-refractivity contribution in [2.45, 2.75) is 44.9 Å². The first-order valence-electron chi connectivity index (χ1n) is 10.4. The molecule has 2 heterocycles. The summed E-state index contributed by atoms with van der Waals surface area (Å²) in [5, 5.41) is 10.5. The average molecular weight is 405 g/mol. The Balaban J connectivity index is 1.81. The van der Waals surface area contributed by atoms with Gasteiger partial charge in [-0.1, -0.05) is 55.1 Å². The summed E-state index contributed by atoms with van der Waals surface area (Å²) in [5.74, 6) is 0.0271. The molecule has 0 saturated carbocycles. The van der Waals surface area contributed by atoms with Crippen molar-refractivity contribution in [3.63, 3.8) is 0 Å². The molecular formula is C26H29FN2O. The van der Waals surface area contributed by atoms with Crippen molar-refractivity contribution in [3.05, 3.63) is 89.3 Å². The summed E-state index contributed by atoms with van der Waals surface area (Å²) < 4.78 is 14.8. The molecule has 30 heavy (non-hydrogen) atoms. The summed E-state index contributed by atoms with van der Waals surface area (Å²) in [4.78, 5) is 5.91. The van der Waals surface area contributed by atoms with Gasteiger partial charge in [0.05, 0.1) is 6.04 Å². The van der Waals surface area contributed by atoms with Crippen LogP contribution in [0.1, 0.15) is 49.2 Å². The number of benzene rings is 2. The molecule has 1 aliphatic heterocycles. The largest absolute Gasteiger partial charge is 0.509 e. The van der Waals surface area contributed by atoms with E-state index in [-0.39, 0.29) is 17.8 Å². The van der Waals surface area contributed by atoms with Crippen LogP contribution in [0.4, 0.5) is 4.39 Å². The molecule has 4 heteroatoms. The minimum absolute atomic E-state index is 0.0271. The molecule has 4 rings (SSSR count). The Morgan fingerprint density at radius 3 is 2.60 bits per heavy atom. The van der Waals surface area contributed by atoms with Crippen molar-refractivity contribution in [1.82, 2.24) is 9.88 Å². The number of halogens is 1. The zero-order valence-corrected chi connectivity index (χ0v) is 17.8. The first kappa shape index (κ1) is 20.4. The topological polar surface area (TPSA) is 39.3 Å². The normalized spacial score (nSPS) is 20.0. The number of aliphatic hydroxyl groups is 1. The number of alkyl halides is 1. The molecule has 2 atom stereocenters. The van der Waals surface area contributed by atoms with Crippen LogP contribution in [0, 0.1) is 0 Å². The minimum Gasteiger partial charge on any atom is -0.509 e. The van der Waals surface area contributed by atoms with E-state index < -0.39 is 5.67 Å². The number of hydrogen-bond acceptors (Lipinski definition) is 2. The lowest BCUT2D eigenvalue weighted by Gasteiger charge is -2.43. The molecule has 156 valence electrons. The number of H-pyrrole nitrogens is 1. The van der Waals surface area contributed by atoms with Crippen LogP contribution in [0.15, 0.2) is 66.9 Å². The molecule has 0 amide bonds. The number of hydrogen-bond donors (Lipinski definition) is 2. The lowest BCUT2D eigenvalue weighted by Crippen LogP contribution is -2.47. The van der Waals surface area contributed by atoms with Crippen molar-refractivity contribution in [2.24, 2.45) is 0 Å². The highest BCUT2D eigenvalue weighted by Crippen LogP contribution is 2.41. The Morgan fingerprint density at radius 2 is 1.93 bits per heavy atom. The molecule has 0 unspecified atom stereocenters. The predicted molar refractivity (Wildman–Crippen MR) is 122 cm³/mol. The Kier molecular flexibility index (Phi) is 5.29. The van der Waals surface area contributed by atoms with E-state index in [0.29, 0.717) is 6.54 Å². The van der Waals surface area contributed by atoms with E-state index in [1.807, 2.05) is 24.3 Å². The summed E-state index contributed by atoms with van der Waals surface area (Å²) in [6.45, 7) is 9.32. The highest BCUT2D eigenvalue weighted by Gasteiger charge is 2.38. The van der Waals surface area contributed by atoms with Gasteiger partial charge in [-0.05, 0) is 56.0 Å². The maximum Gasteiger partial charge on any atom is 0.118 e. The number of fused-ring (bicyclic) bond motifs is 3. The zero-order chi connectivity index (χ0) is 21.5. The number of para-hydroxylation sites is 1. The number of rotatable bonds is 5. The molecular weight excluding hydrogens is 375 g/mol. The molecule has 3 aromatic rings. The van der Waals surface area contributed by atoms with Crippen LogP contribution in [-0.2, 0) is 6.42 Å². The maximum absolute atomic E-state index is 14.8. The number of nitrogens with one attached hydrogen (secondary N) is 1. The van der Waals surface area contributed by atoms with Crippen LogP contribution in [0.25, 0.3) is 17.0 Å². The van der Waals surface area contributed by atoms with Gasteiger partial charge in [0.15, 0.2) is 0 Å². The molecule has 2 aromatic carbocycles. The Hall–Kier alpha value is -2.85. The number of aliphatic hydroxyl groups excluding tert-OH is 1. The van der Waals surface area contributed by atoms with Crippen molar-refractivity contribution in [1.29, 1.82) is 0 Å². The Bertz CT molecular complexity index is 1090. The first-order valence-corrected chi connectivity index (χ1v) is 10.4. The lowest BCUT2D eigenvalue weighted by molar-refractivity contribution is 0.0668. The van der Waals surface area contributed by atoms with Crippen LogP contribution in [0.5, 0.6) is 0 Å². The van der Waals surface area contributed by atoms with Gasteiger partial charge >= 0.3 is 0 Å². The quantitative estimate of drug-likeness (QED) is 0.385. The third-order valence-corrected chi connectivity index (χ3v) is 5.80. The summed E-state index contributed by atoms with van der Waals surface area (Å²) in [7, 11) is 0. The van der Waals surface area contributed by atoms with Gasteiger partial charge in [-0.3, -0.25) is 4.90 Å². The molecule has 0 aliphatic carbocycles. The predicted octanol–water partition coefficient (Wildman–Crippen LogP) is 6.34. The van der Waals surface area contributed by atoms with E-state index in [9.17, 15) is 9.50 Å². The molecule has 0 spiro atoms. The fraction of sp³-hybridized carbons (Fsp3) is 0.308. The van der Waals surface area contributed by atoms with E-state index in [2.05, 4.69) is 53.7 Å². The monoisotopic (exact) mass is 404 g/mol. The number of allylic oxidation sites excluding steroid dienone is 1. The van der Waals surface area contributed by atoms with E-state index in [1.165, 1.54) is 10.9 Å². The minimum atomic E-state index is -1.29. The maximum atomic E-state index is 14.8. The summed E-state index contributed by atoms with van der Waals surface area (Å²) >= 11 is 0. The smallest absolute Gasteiger partial charge is 0.118 e. The van der Waals surface area contributed by atoms with Crippen molar-refractivity contribution in [3.8, 4) is 0 Å². The van der Waals surface area contributed by atoms with Gasteiger partial charge in [0.2, 0.25) is 0 Å². The highest BCUT2D eigenvalue weighted by atomic mass is 19.1. The first-order chi connectivity index (χ1) is 14.2. The Labute approximate surface area is 177 Å². The van der Waals surface area contributed by atoms with Gasteiger partial charge in [0.1, 0.15) is 11.4 Å². The van der Waals surface area contributed by atoms with Crippen molar-refractivity contribution < 1.29 is 9.50 Å². The molecule has 3 nitrogen and oxygen atoms in total. The standard InChI is InChI=1S/C26H29FN2O/c1-17-15-22-21-7-5-6-8-23(21)28-24(22)25(29(17)16-26(3,4)27)20-13-11-19(12-14-20)10-9-18(2)30/h5-14,17,25,28,30H,2,15-16H2,1,3-4H3/b10-9+/t17-,25-/m1/s1. The number of aromatic nitrogens is 1. The molecule has 1 aromatic heterocycles. The van der Waals surface area contributed by atoms with Gasteiger partial charge in [0, 0.05) is 29.2 Å². The molecule has 0 fully saturated rings. The average Bonchev–Trinajstić information content (AvgIpc) is 3.04. The van der Waals surface area contributed by atoms with E-state index in [1.54, 1.807) is 19.9 Å². The van der Waals surface area contributed by atoms with Gasteiger partial charge in [-0.2, -0.15) is 0 Å². The molecule has 0 radical (unpaired) electrons. The van der Waals surface area contributed by atoms with Gasteiger partial charge in [0.25, 0.3) is 0 Å². The SMILES string of the molecule is C=C(O)/C=C/c1ccc([C@@H]2c3[nH]c4ccccc4c3C[C@@H](C)N2CC(C)(C)F)cc1.